The molecule has 3 aromatic rings. The van der Waals surface area contributed by atoms with Crippen molar-refractivity contribution in [1.29, 1.82) is 0 Å². The number of nitrogens with one attached hydrogen (secondary N) is 1. The second kappa shape index (κ2) is 6.69. The molecule has 1 aliphatic rings. The molecule has 0 bridgehead atoms. The summed E-state index contributed by atoms with van der Waals surface area (Å²) in [6.07, 6.45) is 5.03. The Labute approximate surface area is 147 Å². The first-order valence-corrected chi connectivity index (χ1v) is 8.80. The summed E-state index contributed by atoms with van der Waals surface area (Å²) in [6, 6.07) is 1.87. The van der Waals surface area contributed by atoms with E-state index in [-0.39, 0.29) is 5.91 Å². The second-order valence-electron chi connectivity index (χ2n) is 5.77. The van der Waals surface area contributed by atoms with Crippen LogP contribution < -0.4 is 5.32 Å². The molecule has 0 spiro atoms. The molecule has 1 fully saturated rings. The molecule has 0 radical (unpaired) electrons. The number of aliphatic hydroxyl groups excluding tert-OH is 1. The van der Waals surface area contributed by atoms with E-state index < -0.39 is 6.10 Å². The molecule has 128 valence electrons. The molecule has 1 aliphatic heterocycles. The van der Waals surface area contributed by atoms with E-state index in [9.17, 15) is 9.90 Å². The standard InChI is InChI=1S/C16H16N6O2S/c23-11-1-5-22(9-11)15(24)13-14-12(2-6-25-14)20-16(21-13)19-8-10-7-17-3-4-18-10/h2-4,6-7,11,23H,1,5,8-9H2,(H,19,20,21)/t11-/m0/s1. The van der Waals surface area contributed by atoms with Gasteiger partial charge in [0.2, 0.25) is 5.95 Å². The van der Waals surface area contributed by atoms with Gasteiger partial charge in [0.1, 0.15) is 0 Å². The number of β-amino-alcohol motifs (C(OH)–C–C–N with tert-alkyl or cyclic N) is 1. The number of aliphatic hydroxyl groups is 1. The predicted molar refractivity (Wildman–Crippen MR) is 93.3 cm³/mol. The van der Waals surface area contributed by atoms with Gasteiger partial charge in [-0.15, -0.1) is 11.3 Å². The Morgan fingerprint density at radius 3 is 3.08 bits per heavy atom. The van der Waals surface area contributed by atoms with Gasteiger partial charge in [-0.2, -0.15) is 0 Å². The Morgan fingerprint density at radius 2 is 2.32 bits per heavy atom. The van der Waals surface area contributed by atoms with Crippen LogP contribution >= 0.6 is 11.3 Å². The molecule has 9 heteroatoms. The minimum atomic E-state index is -0.459. The molecule has 1 amide bonds. The third kappa shape index (κ3) is 3.28. The summed E-state index contributed by atoms with van der Waals surface area (Å²) >= 11 is 1.44. The first kappa shape index (κ1) is 15.9. The number of amides is 1. The van der Waals surface area contributed by atoms with E-state index in [2.05, 4.69) is 25.3 Å². The Bertz CT molecular complexity index is 900. The van der Waals surface area contributed by atoms with Crippen LogP contribution in [0.25, 0.3) is 10.2 Å². The highest BCUT2D eigenvalue weighted by atomic mass is 32.1. The lowest BCUT2D eigenvalue weighted by molar-refractivity contribution is 0.0761. The van der Waals surface area contributed by atoms with Crippen LogP contribution in [0.2, 0.25) is 0 Å². The molecule has 1 saturated heterocycles. The van der Waals surface area contributed by atoms with Gasteiger partial charge in [-0.05, 0) is 17.9 Å². The van der Waals surface area contributed by atoms with Gasteiger partial charge in [0.25, 0.3) is 5.91 Å². The molecule has 4 rings (SSSR count). The predicted octanol–water partition coefficient (Wildman–Crippen LogP) is 1.30. The molecule has 1 atom stereocenters. The lowest BCUT2D eigenvalue weighted by Crippen LogP contribution is -2.30. The van der Waals surface area contributed by atoms with Gasteiger partial charge in [0, 0.05) is 25.5 Å². The molecule has 4 heterocycles. The van der Waals surface area contributed by atoms with Crippen molar-refractivity contribution < 1.29 is 9.90 Å². The van der Waals surface area contributed by atoms with Crippen LogP contribution in [0, 0.1) is 0 Å². The van der Waals surface area contributed by atoms with Crippen molar-refractivity contribution in [1.82, 2.24) is 24.8 Å². The van der Waals surface area contributed by atoms with Gasteiger partial charge in [-0.25, -0.2) is 9.97 Å². The normalized spacial score (nSPS) is 17.2. The van der Waals surface area contributed by atoms with Gasteiger partial charge in [0.05, 0.1) is 34.8 Å². The number of fused-ring (bicyclic) bond motifs is 1. The maximum Gasteiger partial charge on any atom is 0.274 e. The summed E-state index contributed by atoms with van der Waals surface area (Å²) in [5, 5.41) is 14.7. The van der Waals surface area contributed by atoms with Gasteiger partial charge in [0.15, 0.2) is 5.69 Å². The Hall–Kier alpha value is -2.65. The minimum Gasteiger partial charge on any atom is -0.391 e. The summed E-state index contributed by atoms with van der Waals surface area (Å²) in [6.45, 7) is 1.30. The number of carbonyl (C=O) groups is 1. The highest BCUT2D eigenvalue weighted by Crippen LogP contribution is 2.26. The van der Waals surface area contributed by atoms with E-state index >= 15 is 0 Å². The first-order valence-electron chi connectivity index (χ1n) is 7.92. The number of aromatic nitrogens is 4. The Balaban J connectivity index is 1.62. The molecule has 0 aliphatic carbocycles. The summed E-state index contributed by atoms with van der Waals surface area (Å²) in [5.41, 5.74) is 1.85. The van der Waals surface area contributed by atoms with Gasteiger partial charge in [-0.3, -0.25) is 14.8 Å². The average Bonchev–Trinajstić information content (AvgIpc) is 3.28. The number of likely N-dealkylation sites (tertiary alicyclic amines) is 1. The van der Waals surface area contributed by atoms with Crippen molar-refractivity contribution in [2.24, 2.45) is 0 Å². The fourth-order valence-electron chi connectivity index (χ4n) is 2.75. The zero-order valence-electron chi connectivity index (χ0n) is 13.3. The van der Waals surface area contributed by atoms with Gasteiger partial charge < -0.3 is 15.3 Å². The van der Waals surface area contributed by atoms with Crippen molar-refractivity contribution in [2.75, 3.05) is 18.4 Å². The van der Waals surface area contributed by atoms with Crippen molar-refractivity contribution >= 4 is 33.4 Å². The zero-order chi connectivity index (χ0) is 17.2. The lowest BCUT2D eigenvalue weighted by atomic mass is 10.3. The molecule has 0 aromatic carbocycles. The second-order valence-corrected chi connectivity index (χ2v) is 6.69. The molecule has 25 heavy (non-hydrogen) atoms. The fraction of sp³-hybridized carbons (Fsp3) is 0.312. The molecular weight excluding hydrogens is 340 g/mol. The fourth-order valence-corrected chi connectivity index (χ4v) is 3.57. The molecular formula is C16H16N6O2S. The Morgan fingerprint density at radius 1 is 1.40 bits per heavy atom. The number of hydrogen-bond donors (Lipinski definition) is 2. The number of anilines is 1. The van der Waals surface area contributed by atoms with Crippen LogP contribution in [-0.2, 0) is 6.54 Å². The maximum absolute atomic E-state index is 12.8. The number of carbonyl (C=O) groups excluding carboxylic acids is 1. The van der Waals surface area contributed by atoms with E-state index in [1.807, 2.05) is 11.4 Å². The van der Waals surface area contributed by atoms with Crippen molar-refractivity contribution in [3.05, 3.63) is 41.4 Å². The zero-order valence-corrected chi connectivity index (χ0v) is 14.1. The third-order valence-corrected chi connectivity index (χ3v) is 4.91. The van der Waals surface area contributed by atoms with Crippen molar-refractivity contribution in [3.8, 4) is 0 Å². The number of nitrogens with zero attached hydrogens (tertiary/aromatic N) is 5. The van der Waals surface area contributed by atoms with E-state index in [4.69, 9.17) is 0 Å². The van der Waals surface area contributed by atoms with Gasteiger partial charge >= 0.3 is 0 Å². The van der Waals surface area contributed by atoms with Crippen LogP contribution in [0.15, 0.2) is 30.0 Å². The number of thiophene rings is 1. The number of rotatable bonds is 4. The lowest BCUT2D eigenvalue weighted by Gasteiger charge is -2.16. The average molecular weight is 356 g/mol. The molecule has 2 N–H and O–H groups in total. The topological polar surface area (TPSA) is 104 Å². The highest BCUT2D eigenvalue weighted by molar-refractivity contribution is 7.17. The molecule has 0 saturated carbocycles. The molecule has 0 unspecified atom stereocenters. The SMILES string of the molecule is O=C(c1nc(NCc2cnccn2)nc2ccsc12)N1CC[C@H](O)C1. The van der Waals surface area contributed by atoms with Crippen LogP contribution in [0.4, 0.5) is 5.95 Å². The van der Waals surface area contributed by atoms with E-state index in [0.29, 0.717) is 37.7 Å². The van der Waals surface area contributed by atoms with E-state index in [1.165, 1.54) is 11.3 Å². The summed E-state index contributed by atoms with van der Waals surface area (Å²) in [7, 11) is 0. The third-order valence-electron chi connectivity index (χ3n) is 4.00. The monoisotopic (exact) mass is 356 g/mol. The summed E-state index contributed by atoms with van der Waals surface area (Å²) in [5.74, 6) is 0.202. The van der Waals surface area contributed by atoms with Crippen LogP contribution in [-0.4, -0.2) is 55.0 Å². The quantitative estimate of drug-likeness (QED) is 0.726. The first-order chi connectivity index (χ1) is 12.2. The summed E-state index contributed by atoms with van der Waals surface area (Å²) < 4.78 is 0.761. The van der Waals surface area contributed by atoms with Gasteiger partial charge in [-0.1, -0.05) is 0 Å². The van der Waals surface area contributed by atoms with Crippen LogP contribution in [0.1, 0.15) is 22.6 Å². The van der Waals surface area contributed by atoms with E-state index in [0.717, 1.165) is 15.9 Å². The number of hydrogen-bond acceptors (Lipinski definition) is 8. The Kier molecular flexibility index (Phi) is 4.24. The molecule has 3 aromatic heterocycles. The highest BCUT2D eigenvalue weighted by Gasteiger charge is 2.28. The molecule has 8 nitrogen and oxygen atoms in total. The van der Waals surface area contributed by atoms with Crippen LogP contribution in [0.5, 0.6) is 0 Å². The van der Waals surface area contributed by atoms with Crippen molar-refractivity contribution in [2.45, 2.75) is 19.1 Å². The largest absolute Gasteiger partial charge is 0.391 e. The smallest absolute Gasteiger partial charge is 0.274 e. The maximum atomic E-state index is 12.8. The minimum absolute atomic E-state index is 0.172. The van der Waals surface area contributed by atoms with Crippen molar-refractivity contribution in [3.63, 3.8) is 0 Å². The summed E-state index contributed by atoms with van der Waals surface area (Å²) in [4.78, 5) is 31.5. The van der Waals surface area contributed by atoms with E-state index in [1.54, 1.807) is 23.5 Å². The van der Waals surface area contributed by atoms with Crippen LogP contribution in [0.3, 0.4) is 0 Å².